The molecular formula is C9H6N2O. The summed E-state index contributed by atoms with van der Waals surface area (Å²) >= 11 is 0. The summed E-state index contributed by atoms with van der Waals surface area (Å²) in [6, 6.07) is 3.98. The molecule has 0 bridgehead atoms. The summed E-state index contributed by atoms with van der Waals surface area (Å²) in [5, 5.41) is 2.06. The summed E-state index contributed by atoms with van der Waals surface area (Å²) < 4.78 is 5.28. The van der Waals surface area contributed by atoms with Crippen LogP contribution in [0.1, 0.15) is 5.56 Å². The second kappa shape index (κ2) is 1.94. The van der Waals surface area contributed by atoms with Gasteiger partial charge < -0.3 is 4.74 Å². The average Bonchev–Trinajstić information content (AvgIpc) is 2.64. The van der Waals surface area contributed by atoms with Crippen molar-refractivity contribution in [3.63, 3.8) is 0 Å². The molecule has 1 aromatic rings. The first-order valence-electron chi connectivity index (χ1n) is 3.78. The highest BCUT2D eigenvalue weighted by Gasteiger charge is 2.07. The molecular weight excluding hydrogens is 152 g/mol. The molecule has 3 nitrogen and oxygen atoms in total. The molecule has 3 heteroatoms. The molecule has 0 unspecified atom stereocenters. The molecule has 1 aromatic carbocycles. The highest BCUT2D eigenvalue weighted by atomic mass is 16.5. The number of hydrogen-bond acceptors (Lipinski definition) is 3. The van der Waals surface area contributed by atoms with E-state index in [2.05, 4.69) is 9.98 Å². The van der Waals surface area contributed by atoms with E-state index >= 15 is 0 Å². The van der Waals surface area contributed by atoms with E-state index in [9.17, 15) is 0 Å². The molecule has 0 amide bonds. The van der Waals surface area contributed by atoms with Crippen LogP contribution in [0.15, 0.2) is 22.1 Å². The Bertz CT molecular complexity index is 488. The van der Waals surface area contributed by atoms with Gasteiger partial charge in [0.15, 0.2) is 6.73 Å². The molecule has 0 spiro atoms. The van der Waals surface area contributed by atoms with Crippen molar-refractivity contribution in [3.8, 4) is 5.75 Å². The maximum atomic E-state index is 5.28. The molecule has 0 aliphatic carbocycles. The van der Waals surface area contributed by atoms with E-state index < -0.39 is 0 Å². The second-order valence-corrected chi connectivity index (χ2v) is 2.79. The zero-order chi connectivity index (χ0) is 7.97. The Morgan fingerprint density at radius 1 is 1.33 bits per heavy atom. The maximum absolute atomic E-state index is 5.28. The van der Waals surface area contributed by atoms with Crippen LogP contribution >= 0.6 is 0 Å². The summed E-state index contributed by atoms with van der Waals surface area (Å²) in [5.41, 5.74) is 1.13. The lowest BCUT2D eigenvalue weighted by atomic mass is 10.2. The van der Waals surface area contributed by atoms with Gasteiger partial charge in [0.2, 0.25) is 0 Å². The molecule has 2 aliphatic heterocycles. The van der Waals surface area contributed by atoms with Crippen molar-refractivity contribution in [3.05, 3.63) is 28.3 Å². The Morgan fingerprint density at radius 2 is 2.33 bits per heavy atom. The first-order chi connectivity index (χ1) is 5.93. The quantitative estimate of drug-likeness (QED) is 0.516. The lowest BCUT2D eigenvalue weighted by molar-refractivity contribution is 0.352. The minimum absolute atomic E-state index is 0.454. The molecule has 0 aromatic heterocycles. The summed E-state index contributed by atoms with van der Waals surface area (Å²) in [7, 11) is 0. The zero-order valence-corrected chi connectivity index (χ0v) is 6.32. The van der Waals surface area contributed by atoms with Crippen molar-refractivity contribution >= 4 is 12.4 Å². The van der Waals surface area contributed by atoms with Crippen molar-refractivity contribution in [2.45, 2.75) is 0 Å². The van der Waals surface area contributed by atoms with Gasteiger partial charge in [-0.25, -0.2) is 4.99 Å². The van der Waals surface area contributed by atoms with Gasteiger partial charge in [0.25, 0.3) is 0 Å². The van der Waals surface area contributed by atoms with Crippen LogP contribution in [-0.4, -0.2) is 12.9 Å². The van der Waals surface area contributed by atoms with Crippen LogP contribution < -0.4 is 15.3 Å². The Labute approximate surface area is 68.7 Å². The van der Waals surface area contributed by atoms with Crippen molar-refractivity contribution in [1.82, 2.24) is 0 Å². The predicted molar refractivity (Wildman–Crippen MR) is 44.8 cm³/mol. The fourth-order valence-corrected chi connectivity index (χ4v) is 1.43. The van der Waals surface area contributed by atoms with Gasteiger partial charge in [0.05, 0.1) is 0 Å². The summed E-state index contributed by atoms with van der Waals surface area (Å²) in [6.07, 6.45) is 3.67. The van der Waals surface area contributed by atoms with Crippen LogP contribution in [0.3, 0.4) is 0 Å². The third-order valence-corrected chi connectivity index (χ3v) is 2.05. The molecule has 2 aliphatic rings. The number of rotatable bonds is 0. The van der Waals surface area contributed by atoms with E-state index in [1.54, 1.807) is 0 Å². The molecule has 0 N–H and O–H groups in total. The molecule has 58 valence electrons. The molecule has 2 heterocycles. The highest BCUT2D eigenvalue weighted by molar-refractivity contribution is 5.85. The fraction of sp³-hybridized carbons (Fsp3) is 0.111. The van der Waals surface area contributed by atoms with Crippen molar-refractivity contribution in [1.29, 1.82) is 0 Å². The average molecular weight is 158 g/mol. The third-order valence-electron chi connectivity index (χ3n) is 2.05. The van der Waals surface area contributed by atoms with Gasteiger partial charge >= 0.3 is 0 Å². The smallest absolute Gasteiger partial charge is 0.180 e. The van der Waals surface area contributed by atoms with E-state index in [0.29, 0.717) is 6.73 Å². The van der Waals surface area contributed by atoms with Gasteiger partial charge in [0, 0.05) is 23.2 Å². The number of ether oxygens (including phenoxy) is 1. The van der Waals surface area contributed by atoms with Crippen molar-refractivity contribution in [2.24, 2.45) is 9.98 Å². The Morgan fingerprint density at radius 3 is 3.33 bits per heavy atom. The van der Waals surface area contributed by atoms with Crippen LogP contribution in [0.25, 0.3) is 6.20 Å². The standard InChI is InChI=1S/C9H6N2O/c1-6-3-10-4-7(6)2-9-8(1)11-5-12-9/h1-4H,5H2. The minimum atomic E-state index is 0.454. The number of aliphatic imine (C=N–C) groups is 1. The largest absolute Gasteiger partial charge is 0.469 e. The van der Waals surface area contributed by atoms with Gasteiger partial charge in [-0.3, -0.25) is 4.99 Å². The molecule has 0 atom stereocenters. The zero-order valence-electron chi connectivity index (χ0n) is 6.32. The Hall–Kier alpha value is -1.64. The van der Waals surface area contributed by atoms with Crippen LogP contribution in [-0.2, 0) is 0 Å². The number of hydrogen-bond donors (Lipinski definition) is 0. The SMILES string of the molecule is C1=NC=c2cc3c(cc21)=NCO3. The van der Waals surface area contributed by atoms with Gasteiger partial charge in [0.1, 0.15) is 11.1 Å². The molecule has 12 heavy (non-hydrogen) atoms. The van der Waals surface area contributed by atoms with Crippen LogP contribution in [0.5, 0.6) is 5.75 Å². The van der Waals surface area contributed by atoms with Gasteiger partial charge in [-0.05, 0) is 12.1 Å². The van der Waals surface area contributed by atoms with E-state index in [4.69, 9.17) is 4.74 Å². The normalized spacial score (nSPS) is 16.0. The topological polar surface area (TPSA) is 34.0 Å². The highest BCUT2D eigenvalue weighted by Crippen LogP contribution is 2.06. The number of fused-ring (bicyclic) bond motifs is 2. The summed E-state index contributed by atoms with van der Waals surface area (Å²) in [6.45, 7) is 0.454. The molecule has 0 fully saturated rings. The third kappa shape index (κ3) is 0.652. The first kappa shape index (κ1) is 5.94. The predicted octanol–water partition coefficient (Wildman–Crippen LogP) is -0.173. The first-order valence-corrected chi connectivity index (χ1v) is 3.78. The maximum Gasteiger partial charge on any atom is 0.180 e. The van der Waals surface area contributed by atoms with Crippen molar-refractivity contribution in [2.75, 3.05) is 6.73 Å². The van der Waals surface area contributed by atoms with Crippen LogP contribution in [0.4, 0.5) is 0 Å². The molecule has 3 rings (SSSR count). The summed E-state index contributed by atoms with van der Waals surface area (Å²) in [5.74, 6) is 0.871. The molecule has 0 radical (unpaired) electrons. The van der Waals surface area contributed by atoms with Gasteiger partial charge in [-0.1, -0.05) is 0 Å². The molecule has 0 saturated carbocycles. The Balaban J connectivity index is 2.45. The monoisotopic (exact) mass is 158 g/mol. The van der Waals surface area contributed by atoms with Crippen LogP contribution in [0.2, 0.25) is 0 Å². The number of nitrogens with zero attached hydrogens (tertiary/aromatic N) is 2. The lowest BCUT2D eigenvalue weighted by Gasteiger charge is -1.94. The molecule has 0 saturated heterocycles. The van der Waals surface area contributed by atoms with E-state index in [1.165, 1.54) is 0 Å². The second-order valence-electron chi connectivity index (χ2n) is 2.79. The van der Waals surface area contributed by atoms with E-state index in [1.807, 2.05) is 24.5 Å². The fourth-order valence-electron chi connectivity index (χ4n) is 1.43. The van der Waals surface area contributed by atoms with Crippen molar-refractivity contribution < 1.29 is 4.74 Å². The minimum Gasteiger partial charge on any atom is -0.469 e. The summed E-state index contributed by atoms with van der Waals surface area (Å²) in [4.78, 5) is 8.22. The lowest BCUT2D eigenvalue weighted by Crippen LogP contribution is -2.11. The van der Waals surface area contributed by atoms with Crippen LogP contribution in [0, 0.1) is 0 Å². The van der Waals surface area contributed by atoms with Gasteiger partial charge in [-0.2, -0.15) is 0 Å². The Kier molecular flexibility index (Phi) is 0.961. The van der Waals surface area contributed by atoms with E-state index in [0.717, 1.165) is 21.9 Å². The van der Waals surface area contributed by atoms with Gasteiger partial charge in [-0.15, -0.1) is 0 Å². The van der Waals surface area contributed by atoms with E-state index in [-0.39, 0.29) is 0 Å². The number of benzene rings is 1.